The Balaban J connectivity index is 2.02. The normalized spacial score (nSPS) is 19.8. The fraction of sp³-hybridized carbons (Fsp3) is 0.800. The first kappa shape index (κ1) is 14.5. The van der Waals surface area contributed by atoms with Crippen LogP contribution in [0, 0.1) is 0 Å². The van der Waals surface area contributed by atoms with E-state index in [-0.39, 0.29) is 0 Å². The average Bonchev–Trinajstić information content (AvgIpc) is 2.97. The van der Waals surface area contributed by atoms with Crippen molar-refractivity contribution >= 4 is 0 Å². The summed E-state index contributed by atoms with van der Waals surface area (Å²) in [7, 11) is 2.01. The van der Waals surface area contributed by atoms with Gasteiger partial charge in [0.2, 0.25) is 0 Å². The SMILES string of the molecule is CCc1nn(C)cc1CN(CC1CCCN1)C(C)C. The number of aromatic nitrogens is 2. The molecule has 4 nitrogen and oxygen atoms in total. The summed E-state index contributed by atoms with van der Waals surface area (Å²) in [5.41, 5.74) is 2.63. The molecular weight excluding hydrogens is 236 g/mol. The van der Waals surface area contributed by atoms with E-state index in [0.717, 1.165) is 19.5 Å². The van der Waals surface area contributed by atoms with Gasteiger partial charge in [-0.25, -0.2) is 0 Å². The van der Waals surface area contributed by atoms with Crippen LogP contribution < -0.4 is 5.32 Å². The van der Waals surface area contributed by atoms with Crippen LogP contribution >= 0.6 is 0 Å². The molecule has 0 radical (unpaired) electrons. The smallest absolute Gasteiger partial charge is 0.0666 e. The molecule has 0 bridgehead atoms. The number of nitrogens with zero attached hydrogens (tertiary/aromatic N) is 3. The third-order valence-electron chi connectivity index (χ3n) is 4.05. The second-order valence-corrected chi connectivity index (χ2v) is 5.94. The summed E-state index contributed by atoms with van der Waals surface area (Å²) < 4.78 is 1.94. The van der Waals surface area contributed by atoms with Crippen LogP contribution in [0.15, 0.2) is 6.20 Å². The Bertz CT molecular complexity index is 391. The van der Waals surface area contributed by atoms with Crippen molar-refractivity contribution < 1.29 is 0 Å². The van der Waals surface area contributed by atoms with E-state index in [1.165, 1.54) is 30.6 Å². The highest BCUT2D eigenvalue weighted by Gasteiger charge is 2.21. The Kier molecular flexibility index (Phi) is 4.99. The van der Waals surface area contributed by atoms with E-state index in [4.69, 9.17) is 0 Å². The number of hydrogen-bond acceptors (Lipinski definition) is 3. The molecule has 2 heterocycles. The second kappa shape index (κ2) is 6.53. The monoisotopic (exact) mass is 264 g/mol. The van der Waals surface area contributed by atoms with Gasteiger partial charge in [-0.3, -0.25) is 9.58 Å². The first-order valence-electron chi connectivity index (χ1n) is 7.59. The maximum Gasteiger partial charge on any atom is 0.0666 e. The zero-order valence-electron chi connectivity index (χ0n) is 12.8. The van der Waals surface area contributed by atoms with Crippen molar-refractivity contribution in [3.8, 4) is 0 Å². The number of rotatable bonds is 6. The summed E-state index contributed by atoms with van der Waals surface area (Å²) in [5.74, 6) is 0. The molecule has 1 fully saturated rings. The molecule has 1 saturated heterocycles. The molecule has 1 atom stereocenters. The molecule has 1 aromatic rings. The molecule has 0 aromatic carbocycles. The second-order valence-electron chi connectivity index (χ2n) is 5.94. The van der Waals surface area contributed by atoms with Crippen LogP contribution in [-0.2, 0) is 20.0 Å². The molecular formula is C15H28N4. The molecule has 2 rings (SSSR count). The fourth-order valence-corrected chi connectivity index (χ4v) is 2.89. The highest BCUT2D eigenvalue weighted by Crippen LogP contribution is 2.15. The van der Waals surface area contributed by atoms with Crippen molar-refractivity contribution in [2.24, 2.45) is 7.05 Å². The first-order chi connectivity index (χ1) is 9.10. The van der Waals surface area contributed by atoms with Gasteiger partial charge in [0, 0.05) is 44.0 Å². The molecule has 1 aliphatic rings. The Morgan fingerprint density at radius 2 is 2.32 bits per heavy atom. The highest BCUT2D eigenvalue weighted by atomic mass is 15.3. The van der Waals surface area contributed by atoms with Crippen molar-refractivity contribution in [2.45, 2.75) is 58.7 Å². The minimum atomic E-state index is 0.576. The molecule has 1 aromatic heterocycles. The van der Waals surface area contributed by atoms with Gasteiger partial charge in [0.25, 0.3) is 0 Å². The van der Waals surface area contributed by atoms with E-state index in [9.17, 15) is 0 Å². The molecule has 19 heavy (non-hydrogen) atoms. The number of aryl methyl sites for hydroxylation is 2. The summed E-state index contributed by atoms with van der Waals surface area (Å²) in [6.45, 7) is 10.1. The number of nitrogens with one attached hydrogen (secondary N) is 1. The molecule has 108 valence electrons. The van der Waals surface area contributed by atoms with Gasteiger partial charge in [-0.1, -0.05) is 6.92 Å². The topological polar surface area (TPSA) is 33.1 Å². The fourth-order valence-electron chi connectivity index (χ4n) is 2.89. The van der Waals surface area contributed by atoms with E-state index in [0.29, 0.717) is 12.1 Å². The lowest BCUT2D eigenvalue weighted by Gasteiger charge is -2.29. The Morgan fingerprint density at radius 1 is 1.53 bits per heavy atom. The third-order valence-corrected chi connectivity index (χ3v) is 4.05. The lowest BCUT2D eigenvalue weighted by atomic mass is 10.1. The maximum atomic E-state index is 4.55. The maximum absolute atomic E-state index is 4.55. The zero-order valence-corrected chi connectivity index (χ0v) is 12.8. The molecule has 0 aliphatic carbocycles. The van der Waals surface area contributed by atoms with E-state index in [1.54, 1.807) is 0 Å². The van der Waals surface area contributed by atoms with E-state index in [1.807, 2.05) is 11.7 Å². The highest BCUT2D eigenvalue weighted by molar-refractivity contribution is 5.17. The summed E-state index contributed by atoms with van der Waals surface area (Å²) in [6.07, 6.45) is 5.83. The Hall–Kier alpha value is -0.870. The molecule has 0 amide bonds. The third kappa shape index (κ3) is 3.80. The van der Waals surface area contributed by atoms with Crippen molar-refractivity contribution in [3.05, 3.63) is 17.5 Å². The van der Waals surface area contributed by atoms with Crippen LogP contribution in [0.4, 0.5) is 0 Å². The van der Waals surface area contributed by atoms with Crippen LogP contribution in [0.3, 0.4) is 0 Å². The summed E-state index contributed by atoms with van der Waals surface area (Å²) >= 11 is 0. The molecule has 0 saturated carbocycles. The van der Waals surface area contributed by atoms with Crippen molar-refractivity contribution in [1.82, 2.24) is 20.0 Å². The van der Waals surface area contributed by atoms with Gasteiger partial charge < -0.3 is 5.32 Å². The van der Waals surface area contributed by atoms with E-state index < -0.39 is 0 Å². The standard InChI is InChI=1S/C15H28N4/c1-5-15-13(9-18(4)17-15)10-19(12(2)3)11-14-7-6-8-16-14/h9,12,14,16H,5-8,10-11H2,1-4H3. The van der Waals surface area contributed by atoms with E-state index >= 15 is 0 Å². The lowest BCUT2D eigenvalue weighted by Crippen LogP contribution is -2.40. The van der Waals surface area contributed by atoms with Crippen LogP contribution in [0.5, 0.6) is 0 Å². The van der Waals surface area contributed by atoms with Crippen molar-refractivity contribution in [3.63, 3.8) is 0 Å². The first-order valence-corrected chi connectivity index (χ1v) is 7.59. The van der Waals surface area contributed by atoms with Gasteiger partial charge in [-0.2, -0.15) is 5.10 Å². The van der Waals surface area contributed by atoms with Gasteiger partial charge in [-0.15, -0.1) is 0 Å². The van der Waals surface area contributed by atoms with Crippen molar-refractivity contribution in [2.75, 3.05) is 13.1 Å². The Morgan fingerprint density at radius 3 is 2.89 bits per heavy atom. The summed E-state index contributed by atoms with van der Waals surface area (Å²) in [6, 6.07) is 1.25. The lowest BCUT2D eigenvalue weighted by molar-refractivity contribution is 0.193. The summed E-state index contributed by atoms with van der Waals surface area (Å²) in [5, 5.41) is 8.15. The van der Waals surface area contributed by atoms with Crippen LogP contribution in [0.2, 0.25) is 0 Å². The molecule has 0 spiro atoms. The van der Waals surface area contributed by atoms with Gasteiger partial charge in [0.1, 0.15) is 0 Å². The Labute approximate surface area is 117 Å². The largest absolute Gasteiger partial charge is 0.313 e. The minimum absolute atomic E-state index is 0.576. The molecule has 1 aliphatic heterocycles. The molecule has 4 heteroatoms. The van der Waals surface area contributed by atoms with Gasteiger partial charge in [0.05, 0.1) is 5.69 Å². The van der Waals surface area contributed by atoms with Gasteiger partial charge in [0.15, 0.2) is 0 Å². The predicted molar refractivity (Wildman–Crippen MR) is 79.2 cm³/mol. The summed E-state index contributed by atoms with van der Waals surface area (Å²) in [4.78, 5) is 2.57. The zero-order chi connectivity index (χ0) is 13.8. The molecule has 1 N–H and O–H groups in total. The predicted octanol–water partition coefficient (Wildman–Crippen LogP) is 1.94. The number of hydrogen-bond donors (Lipinski definition) is 1. The van der Waals surface area contributed by atoms with Crippen LogP contribution in [-0.4, -0.2) is 39.9 Å². The molecule has 1 unspecified atom stereocenters. The van der Waals surface area contributed by atoms with Crippen molar-refractivity contribution in [1.29, 1.82) is 0 Å². The van der Waals surface area contributed by atoms with E-state index in [2.05, 4.69) is 42.3 Å². The van der Waals surface area contributed by atoms with Gasteiger partial charge >= 0.3 is 0 Å². The minimum Gasteiger partial charge on any atom is -0.313 e. The average molecular weight is 264 g/mol. The van der Waals surface area contributed by atoms with Crippen LogP contribution in [0.25, 0.3) is 0 Å². The van der Waals surface area contributed by atoms with Gasteiger partial charge in [-0.05, 0) is 39.7 Å². The van der Waals surface area contributed by atoms with Crippen LogP contribution in [0.1, 0.15) is 44.9 Å². The quantitative estimate of drug-likeness (QED) is 0.852.